The Hall–Kier alpha value is -2.34. The molecule has 0 heterocycles. The Kier molecular flexibility index (Phi) is 6.80. The molecule has 0 bridgehead atoms. The summed E-state index contributed by atoms with van der Waals surface area (Å²) in [4.78, 5) is 14.3. The summed E-state index contributed by atoms with van der Waals surface area (Å²) >= 11 is 0. The van der Waals surface area contributed by atoms with Gasteiger partial charge in [-0.2, -0.15) is 13.2 Å². The summed E-state index contributed by atoms with van der Waals surface area (Å²) in [5.74, 6) is -0.303. The minimum Gasteiger partial charge on any atom is -0.326 e. The van der Waals surface area contributed by atoms with Gasteiger partial charge in [-0.25, -0.2) is 0 Å². The van der Waals surface area contributed by atoms with Gasteiger partial charge in [0.05, 0.1) is 5.56 Å². The van der Waals surface area contributed by atoms with Crippen LogP contribution in [0.5, 0.6) is 0 Å². The van der Waals surface area contributed by atoms with Crippen molar-refractivity contribution in [3.63, 3.8) is 0 Å². The number of halogens is 3. The number of carbonyl (C=O) groups is 1. The number of hydrogen-bond donors (Lipinski definition) is 1. The fourth-order valence-electron chi connectivity index (χ4n) is 2.58. The van der Waals surface area contributed by atoms with Crippen LogP contribution in [0.15, 0.2) is 54.6 Å². The summed E-state index contributed by atoms with van der Waals surface area (Å²) in [5, 5.41) is 2.55. The Morgan fingerprint density at radius 3 is 2.38 bits per heavy atom. The fourth-order valence-corrected chi connectivity index (χ4v) is 2.58. The van der Waals surface area contributed by atoms with Gasteiger partial charge >= 0.3 is 6.18 Å². The third-order valence-corrected chi connectivity index (χ3v) is 4.06. The van der Waals surface area contributed by atoms with Crippen molar-refractivity contribution in [1.82, 2.24) is 4.90 Å². The number of benzene rings is 2. The van der Waals surface area contributed by atoms with Gasteiger partial charge in [0.2, 0.25) is 5.91 Å². The molecule has 0 spiro atoms. The van der Waals surface area contributed by atoms with E-state index < -0.39 is 11.7 Å². The van der Waals surface area contributed by atoms with E-state index in [9.17, 15) is 18.0 Å². The number of alkyl halides is 3. The number of amides is 1. The first kappa shape index (κ1) is 20.0. The molecule has 0 aliphatic carbocycles. The highest BCUT2D eigenvalue weighted by Gasteiger charge is 2.30. The zero-order valence-corrected chi connectivity index (χ0v) is 14.9. The maximum Gasteiger partial charge on any atom is 0.416 e. The number of carbonyl (C=O) groups excluding carboxylic acids is 1. The molecule has 0 aliphatic heterocycles. The summed E-state index contributed by atoms with van der Waals surface area (Å²) in [6.45, 7) is 5.34. The van der Waals surface area contributed by atoms with Gasteiger partial charge in [-0.3, -0.25) is 9.69 Å². The van der Waals surface area contributed by atoms with Crippen LogP contribution < -0.4 is 5.32 Å². The van der Waals surface area contributed by atoms with Gasteiger partial charge in [-0.05, 0) is 37.6 Å². The molecule has 26 heavy (non-hydrogen) atoms. The van der Waals surface area contributed by atoms with Crippen LogP contribution in [0, 0.1) is 0 Å². The molecule has 0 radical (unpaired) electrons. The molecule has 6 heteroatoms. The van der Waals surface area contributed by atoms with Crippen LogP contribution in [-0.4, -0.2) is 23.4 Å². The van der Waals surface area contributed by atoms with Gasteiger partial charge in [0.1, 0.15) is 0 Å². The largest absolute Gasteiger partial charge is 0.416 e. The second-order valence-electron chi connectivity index (χ2n) is 6.43. The van der Waals surface area contributed by atoms with Crippen molar-refractivity contribution in [2.75, 3.05) is 11.9 Å². The lowest BCUT2D eigenvalue weighted by atomic mass is 10.1. The topological polar surface area (TPSA) is 32.3 Å². The molecular formula is C20H23F3N2O. The van der Waals surface area contributed by atoms with E-state index in [1.807, 2.05) is 44.2 Å². The number of nitrogens with zero attached hydrogens (tertiary/aromatic N) is 1. The van der Waals surface area contributed by atoms with Crippen LogP contribution in [0.25, 0.3) is 0 Å². The van der Waals surface area contributed by atoms with Crippen LogP contribution in [-0.2, 0) is 17.5 Å². The quantitative estimate of drug-likeness (QED) is 0.754. The first-order valence-electron chi connectivity index (χ1n) is 8.51. The number of hydrogen-bond acceptors (Lipinski definition) is 2. The minimum absolute atomic E-state index is 0.156. The first-order valence-corrected chi connectivity index (χ1v) is 8.51. The highest BCUT2D eigenvalue weighted by atomic mass is 19.4. The molecule has 3 nitrogen and oxygen atoms in total. The Morgan fingerprint density at radius 1 is 1.08 bits per heavy atom. The van der Waals surface area contributed by atoms with Gasteiger partial charge in [-0.1, -0.05) is 36.4 Å². The molecule has 2 aromatic rings. The predicted octanol–water partition coefficient (Wildman–Crippen LogP) is 4.94. The molecule has 1 amide bonds. The van der Waals surface area contributed by atoms with Crippen LogP contribution in [0.3, 0.4) is 0 Å². The van der Waals surface area contributed by atoms with E-state index in [1.165, 1.54) is 12.1 Å². The maximum absolute atomic E-state index is 12.7. The highest BCUT2D eigenvalue weighted by Crippen LogP contribution is 2.30. The molecule has 140 valence electrons. The average molecular weight is 364 g/mol. The number of nitrogens with one attached hydrogen (secondary N) is 1. The molecule has 0 atom stereocenters. The van der Waals surface area contributed by atoms with Crippen molar-refractivity contribution in [3.05, 3.63) is 65.7 Å². The molecule has 1 N–H and O–H groups in total. The van der Waals surface area contributed by atoms with E-state index in [4.69, 9.17) is 0 Å². The Labute approximate surface area is 151 Å². The molecule has 0 saturated carbocycles. The van der Waals surface area contributed by atoms with Gasteiger partial charge < -0.3 is 5.32 Å². The monoisotopic (exact) mass is 364 g/mol. The minimum atomic E-state index is -4.43. The first-order chi connectivity index (χ1) is 12.3. The summed E-state index contributed by atoms with van der Waals surface area (Å²) in [6, 6.07) is 14.9. The lowest BCUT2D eigenvalue weighted by Crippen LogP contribution is -2.33. The van der Waals surface area contributed by atoms with E-state index in [0.717, 1.165) is 24.2 Å². The fraction of sp³-hybridized carbons (Fsp3) is 0.350. The standard InChI is InChI=1S/C20H23F3N2O/c1-15(2)25(14-16-7-4-3-5-8-16)12-11-19(26)24-18-10-6-9-17(13-18)20(21,22)23/h3-10,13,15H,11-12,14H2,1-2H3,(H,24,26). The Balaban J connectivity index is 1.92. The van der Waals surface area contributed by atoms with Gasteiger partial charge in [0.25, 0.3) is 0 Å². The smallest absolute Gasteiger partial charge is 0.326 e. The lowest BCUT2D eigenvalue weighted by molar-refractivity contribution is -0.137. The van der Waals surface area contributed by atoms with Gasteiger partial charge in [0.15, 0.2) is 0 Å². The molecular weight excluding hydrogens is 341 g/mol. The number of rotatable bonds is 7. The van der Waals surface area contributed by atoms with Crippen molar-refractivity contribution in [1.29, 1.82) is 0 Å². The third kappa shape index (κ3) is 6.19. The summed E-state index contributed by atoms with van der Waals surface area (Å²) in [5.41, 5.74) is 0.534. The second-order valence-corrected chi connectivity index (χ2v) is 6.43. The molecule has 0 aliphatic rings. The van der Waals surface area contributed by atoms with E-state index in [-0.39, 0.29) is 24.1 Å². The molecule has 0 aromatic heterocycles. The second kappa shape index (κ2) is 8.85. The van der Waals surface area contributed by atoms with Crippen molar-refractivity contribution in [2.45, 2.75) is 39.0 Å². The zero-order valence-electron chi connectivity index (χ0n) is 14.9. The highest BCUT2D eigenvalue weighted by molar-refractivity contribution is 5.90. The van der Waals surface area contributed by atoms with Gasteiger partial charge in [-0.15, -0.1) is 0 Å². The average Bonchev–Trinajstić information content (AvgIpc) is 2.58. The van der Waals surface area contributed by atoms with Crippen LogP contribution >= 0.6 is 0 Å². The van der Waals surface area contributed by atoms with Crippen molar-refractivity contribution in [2.24, 2.45) is 0 Å². The van der Waals surface area contributed by atoms with E-state index in [1.54, 1.807) is 0 Å². The molecule has 0 fully saturated rings. The van der Waals surface area contributed by atoms with Crippen molar-refractivity contribution >= 4 is 11.6 Å². The van der Waals surface area contributed by atoms with Gasteiger partial charge in [0, 0.05) is 31.2 Å². The van der Waals surface area contributed by atoms with Crippen LogP contribution in [0.4, 0.5) is 18.9 Å². The molecule has 2 rings (SSSR count). The van der Waals surface area contributed by atoms with E-state index >= 15 is 0 Å². The Bertz CT molecular complexity index is 714. The number of anilines is 1. The summed E-state index contributed by atoms with van der Waals surface area (Å²) < 4.78 is 38.2. The molecule has 2 aromatic carbocycles. The van der Waals surface area contributed by atoms with Crippen LogP contribution in [0.1, 0.15) is 31.4 Å². The zero-order chi connectivity index (χ0) is 19.2. The Morgan fingerprint density at radius 2 is 1.77 bits per heavy atom. The predicted molar refractivity (Wildman–Crippen MR) is 96.7 cm³/mol. The molecule has 0 unspecified atom stereocenters. The van der Waals surface area contributed by atoms with E-state index in [0.29, 0.717) is 6.54 Å². The normalized spacial score (nSPS) is 11.8. The molecule has 0 saturated heterocycles. The summed E-state index contributed by atoms with van der Waals surface area (Å²) in [6.07, 6.45) is -4.22. The van der Waals surface area contributed by atoms with Crippen molar-refractivity contribution < 1.29 is 18.0 Å². The van der Waals surface area contributed by atoms with Crippen LogP contribution in [0.2, 0.25) is 0 Å². The van der Waals surface area contributed by atoms with E-state index in [2.05, 4.69) is 10.2 Å². The van der Waals surface area contributed by atoms with Crippen molar-refractivity contribution in [3.8, 4) is 0 Å². The maximum atomic E-state index is 12.7. The summed E-state index contributed by atoms with van der Waals surface area (Å²) in [7, 11) is 0. The third-order valence-electron chi connectivity index (χ3n) is 4.06. The SMILES string of the molecule is CC(C)N(CCC(=O)Nc1cccc(C(F)(F)F)c1)Cc1ccccc1. The lowest BCUT2D eigenvalue weighted by Gasteiger charge is -2.26.